The van der Waals surface area contributed by atoms with Crippen molar-refractivity contribution in [1.29, 1.82) is 0 Å². The third kappa shape index (κ3) is 3.08. The summed E-state index contributed by atoms with van der Waals surface area (Å²) in [5, 5.41) is 0. The molecular formula is C11H25ClOSi2. The zero-order valence-corrected chi connectivity index (χ0v) is 13.6. The van der Waals surface area contributed by atoms with Crippen molar-refractivity contribution in [2.24, 2.45) is 0 Å². The van der Waals surface area contributed by atoms with Crippen molar-refractivity contribution in [2.75, 3.05) is 5.88 Å². The minimum absolute atomic E-state index is 0.132. The molecule has 1 atom stereocenters. The molecule has 0 radical (unpaired) electrons. The summed E-state index contributed by atoms with van der Waals surface area (Å²) in [4.78, 5) is 0. The fourth-order valence-electron chi connectivity index (χ4n) is 2.30. The molecule has 4 heteroatoms. The summed E-state index contributed by atoms with van der Waals surface area (Å²) in [5.41, 5.74) is 0.132. The first-order valence-electron chi connectivity index (χ1n) is 5.99. The fourth-order valence-corrected chi connectivity index (χ4v) is 9.65. The molecule has 1 fully saturated rings. The predicted octanol–water partition coefficient (Wildman–Crippen LogP) is 4.18. The van der Waals surface area contributed by atoms with E-state index >= 15 is 0 Å². The highest BCUT2D eigenvalue weighted by Gasteiger charge is 2.50. The first kappa shape index (κ1) is 13.7. The van der Waals surface area contributed by atoms with E-state index in [4.69, 9.17) is 16.0 Å². The maximum Gasteiger partial charge on any atom is 0.174 e. The molecule has 15 heavy (non-hydrogen) atoms. The Kier molecular flexibility index (Phi) is 4.14. The minimum Gasteiger partial charge on any atom is -0.415 e. The van der Waals surface area contributed by atoms with Gasteiger partial charge < -0.3 is 4.43 Å². The quantitative estimate of drug-likeness (QED) is 0.549. The van der Waals surface area contributed by atoms with Crippen molar-refractivity contribution in [3.63, 3.8) is 0 Å². The van der Waals surface area contributed by atoms with Gasteiger partial charge in [-0.1, -0.05) is 19.1 Å². The van der Waals surface area contributed by atoms with Crippen molar-refractivity contribution in [3.8, 4) is 0 Å². The van der Waals surface area contributed by atoms with Gasteiger partial charge in [-0.15, -0.1) is 11.6 Å². The zero-order valence-electron chi connectivity index (χ0n) is 10.8. The van der Waals surface area contributed by atoms with Gasteiger partial charge in [0.1, 0.15) is 0 Å². The molecule has 1 saturated heterocycles. The van der Waals surface area contributed by atoms with Crippen molar-refractivity contribution in [1.82, 2.24) is 0 Å². The van der Waals surface area contributed by atoms with E-state index in [1.54, 1.807) is 0 Å². The summed E-state index contributed by atoms with van der Waals surface area (Å²) in [7, 11) is -2.47. The van der Waals surface area contributed by atoms with Gasteiger partial charge in [0, 0.05) is 5.88 Å². The minimum atomic E-state index is -1.41. The van der Waals surface area contributed by atoms with Crippen LogP contribution in [0.4, 0.5) is 0 Å². The van der Waals surface area contributed by atoms with Crippen molar-refractivity contribution in [3.05, 3.63) is 0 Å². The smallest absolute Gasteiger partial charge is 0.174 e. The Balaban J connectivity index is 2.68. The van der Waals surface area contributed by atoms with Crippen LogP contribution in [0.1, 0.15) is 26.2 Å². The maximum absolute atomic E-state index is 6.52. The van der Waals surface area contributed by atoms with Gasteiger partial charge in [-0.3, -0.25) is 0 Å². The second kappa shape index (κ2) is 4.51. The van der Waals surface area contributed by atoms with E-state index in [9.17, 15) is 0 Å². The van der Waals surface area contributed by atoms with Crippen LogP contribution in [0, 0.1) is 0 Å². The first-order chi connectivity index (χ1) is 6.72. The normalized spacial score (nSPS) is 34.0. The molecule has 1 aliphatic rings. The fraction of sp³-hybridized carbons (Fsp3) is 1.00. The highest BCUT2D eigenvalue weighted by atomic mass is 35.5. The van der Waals surface area contributed by atoms with Crippen LogP contribution < -0.4 is 0 Å². The molecule has 1 aliphatic heterocycles. The van der Waals surface area contributed by atoms with Crippen LogP contribution in [0.3, 0.4) is 0 Å². The highest BCUT2D eigenvalue weighted by Crippen LogP contribution is 2.40. The molecule has 0 amide bonds. The van der Waals surface area contributed by atoms with E-state index in [0.717, 1.165) is 18.7 Å². The maximum atomic E-state index is 6.52. The zero-order chi connectivity index (χ0) is 11.7. The van der Waals surface area contributed by atoms with Gasteiger partial charge in [-0.2, -0.15) is 0 Å². The topological polar surface area (TPSA) is 9.23 Å². The predicted molar refractivity (Wildman–Crippen MR) is 73.8 cm³/mol. The van der Waals surface area contributed by atoms with E-state index in [2.05, 4.69) is 33.1 Å². The summed E-state index contributed by atoms with van der Waals surface area (Å²) >= 11 is 5.77. The Labute approximate surface area is 101 Å². The number of hydrogen-bond donors (Lipinski definition) is 0. The van der Waals surface area contributed by atoms with Gasteiger partial charge >= 0.3 is 0 Å². The highest BCUT2D eigenvalue weighted by molar-refractivity contribution is 7.38. The summed E-state index contributed by atoms with van der Waals surface area (Å²) in [6.07, 6.45) is 3.47. The lowest BCUT2D eigenvalue weighted by molar-refractivity contribution is 0.0630. The Morgan fingerprint density at radius 1 is 1.27 bits per heavy atom. The van der Waals surface area contributed by atoms with Crippen molar-refractivity contribution < 1.29 is 4.43 Å². The Morgan fingerprint density at radius 2 is 1.87 bits per heavy atom. The Hall–Kier alpha value is 0.684. The Bertz CT molecular complexity index is 231. The molecule has 90 valence electrons. The average Bonchev–Trinajstić information content (AvgIpc) is 2.09. The molecule has 0 aromatic heterocycles. The molecule has 0 bridgehead atoms. The third-order valence-corrected chi connectivity index (χ3v) is 21.1. The van der Waals surface area contributed by atoms with Gasteiger partial charge in [0.25, 0.3) is 0 Å². The molecule has 0 aliphatic carbocycles. The van der Waals surface area contributed by atoms with E-state index in [1.807, 2.05) is 0 Å². The molecule has 0 saturated carbocycles. The number of hydrogen-bond acceptors (Lipinski definition) is 1. The second-order valence-corrected chi connectivity index (χ2v) is 21.8. The molecular weight excluding hydrogens is 240 g/mol. The van der Waals surface area contributed by atoms with Crippen LogP contribution in [-0.4, -0.2) is 26.9 Å². The molecule has 0 aromatic carbocycles. The van der Waals surface area contributed by atoms with Crippen LogP contribution in [-0.2, 0) is 4.43 Å². The molecule has 0 spiro atoms. The SMILES string of the molecule is CC1(CCCCl)CC[Si](C)(C)[Si](C)(C)O1. The summed E-state index contributed by atoms with van der Waals surface area (Å²) in [6.45, 7) is 12.1. The van der Waals surface area contributed by atoms with Crippen molar-refractivity contribution in [2.45, 2.75) is 64.0 Å². The van der Waals surface area contributed by atoms with Gasteiger partial charge in [-0.05, 0) is 39.3 Å². The third-order valence-electron chi connectivity index (χ3n) is 4.25. The standard InChI is InChI=1S/C11H25ClOSi2/c1-11(7-6-9-12)8-10-14(2,3)15(4,5)13-11/h6-10H2,1-5H3. The largest absolute Gasteiger partial charge is 0.415 e. The van der Waals surface area contributed by atoms with Gasteiger partial charge in [0.05, 0.1) is 13.2 Å². The lowest BCUT2D eigenvalue weighted by atomic mass is 9.98. The molecule has 0 aromatic rings. The Morgan fingerprint density at radius 3 is 2.33 bits per heavy atom. The van der Waals surface area contributed by atoms with E-state index in [0.29, 0.717) is 0 Å². The molecule has 1 heterocycles. The van der Waals surface area contributed by atoms with Crippen LogP contribution >= 0.6 is 11.6 Å². The first-order valence-corrected chi connectivity index (χ1v) is 13.6. The second-order valence-electron chi connectivity index (χ2n) is 6.24. The van der Waals surface area contributed by atoms with E-state index in [-0.39, 0.29) is 5.60 Å². The van der Waals surface area contributed by atoms with Crippen LogP contribution in [0.25, 0.3) is 0 Å². The lowest BCUT2D eigenvalue weighted by Gasteiger charge is -2.51. The number of alkyl halides is 1. The van der Waals surface area contributed by atoms with E-state index < -0.39 is 15.4 Å². The monoisotopic (exact) mass is 264 g/mol. The van der Waals surface area contributed by atoms with Gasteiger partial charge in [0.2, 0.25) is 0 Å². The van der Waals surface area contributed by atoms with Crippen molar-refractivity contribution >= 4 is 27.0 Å². The van der Waals surface area contributed by atoms with Gasteiger partial charge in [-0.25, -0.2) is 0 Å². The molecule has 0 N–H and O–H groups in total. The van der Waals surface area contributed by atoms with Crippen LogP contribution in [0.5, 0.6) is 0 Å². The lowest BCUT2D eigenvalue weighted by Crippen LogP contribution is -2.64. The summed E-state index contributed by atoms with van der Waals surface area (Å²) in [5.74, 6) is 0.766. The summed E-state index contributed by atoms with van der Waals surface area (Å²) < 4.78 is 6.52. The van der Waals surface area contributed by atoms with Crippen LogP contribution in [0.15, 0.2) is 0 Å². The number of halogens is 1. The molecule has 1 nitrogen and oxygen atoms in total. The molecule has 1 unspecified atom stereocenters. The van der Waals surface area contributed by atoms with E-state index in [1.165, 1.54) is 12.5 Å². The van der Waals surface area contributed by atoms with Crippen LogP contribution in [0.2, 0.25) is 32.2 Å². The average molecular weight is 265 g/mol. The van der Waals surface area contributed by atoms with Gasteiger partial charge in [0.15, 0.2) is 7.83 Å². The summed E-state index contributed by atoms with van der Waals surface area (Å²) in [6, 6.07) is 1.44. The number of rotatable bonds is 3. The molecule has 1 rings (SSSR count).